The van der Waals surface area contributed by atoms with Gasteiger partial charge in [-0.05, 0) is 12.8 Å². The van der Waals surface area contributed by atoms with E-state index in [4.69, 9.17) is 0 Å². The molecule has 0 amide bonds. The Kier molecular flexibility index (Phi) is 16.2. The van der Waals surface area contributed by atoms with Crippen LogP contribution in [0.3, 0.4) is 0 Å². The minimum absolute atomic E-state index is 0.117. The summed E-state index contributed by atoms with van der Waals surface area (Å²) in [7, 11) is 0. The first-order chi connectivity index (χ1) is 10.7. The minimum atomic E-state index is 0.117. The predicted molar refractivity (Wildman–Crippen MR) is 95.2 cm³/mol. The summed E-state index contributed by atoms with van der Waals surface area (Å²) >= 11 is 0. The molecule has 0 heterocycles. The molecule has 0 N–H and O–H groups in total. The van der Waals surface area contributed by atoms with Crippen LogP contribution in [-0.2, 0) is 9.59 Å². The van der Waals surface area contributed by atoms with Crippen molar-refractivity contribution in [3.05, 3.63) is 0 Å². The Balaban J connectivity index is 3.20. The van der Waals surface area contributed by atoms with Crippen molar-refractivity contribution in [3.8, 4) is 0 Å². The molecule has 2 heteroatoms. The molecule has 0 saturated heterocycles. The van der Waals surface area contributed by atoms with Crippen LogP contribution in [0.15, 0.2) is 0 Å². The molecule has 0 spiro atoms. The highest BCUT2D eigenvalue weighted by atomic mass is 16.1. The summed E-state index contributed by atoms with van der Waals surface area (Å²) in [5.74, 6) is 0.261. The molecule has 0 bridgehead atoms. The summed E-state index contributed by atoms with van der Waals surface area (Å²) in [6.45, 7) is 4.24. The smallest absolute Gasteiger partial charge is 0.140 e. The van der Waals surface area contributed by atoms with Gasteiger partial charge in [0.05, 0.1) is 6.42 Å². The van der Waals surface area contributed by atoms with E-state index in [-0.39, 0.29) is 18.0 Å². The molecular formula is C20H38O2. The molecule has 22 heavy (non-hydrogen) atoms. The zero-order chi connectivity index (χ0) is 16.5. The van der Waals surface area contributed by atoms with Gasteiger partial charge in [-0.1, -0.05) is 84.5 Å². The lowest BCUT2D eigenvalue weighted by Crippen LogP contribution is -2.07. The lowest BCUT2D eigenvalue weighted by molar-refractivity contribution is -0.127. The second-order valence-electron chi connectivity index (χ2n) is 6.64. The minimum Gasteiger partial charge on any atom is -0.299 e. The number of carbonyl (C=O) groups excluding carboxylic acids is 2. The van der Waals surface area contributed by atoms with Crippen molar-refractivity contribution in [1.82, 2.24) is 0 Å². The van der Waals surface area contributed by atoms with Crippen LogP contribution in [-0.4, -0.2) is 11.6 Å². The molecule has 0 atom stereocenters. The highest BCUT2D eigenvalue weighted by Crippen LogP contribution is 2.13. The van der Waals surface area contributed by atoms with Crippen LogP contribution in [0.2, 0.25) is 0 Å². The summed E-state index contributed by atoms with van der Waals surface area (Å²) < 4.78 is 0. The van der Waals surface area contributed by atoms with Crippen LogP contribution < -0.4 is 0 Å². The maximum Gasteiger partial charge on any atom is 0.140 e. The number of unbranched alkanes of at least 4 members (excludes halogenated alkanes) is 11. The van der Waals surface area contributed by atoms with Crippen LogP contribution in [0.1, 0.15) is 117 Å². The first-order valence-corrected chi connectivity index (χ1v) is 9.74. The second-order valence-corrected chi connectivity index (χ2v) is 6.64. The lowest BCUT2D eigenvalue weighted by atomic mass is 10.0. The molecule has 0 fully saturated rings. The fourth-order valence-electron chi connectivity index (χ4n) is 2.84. The summed E-state index contributed by atoms with van der Waals surface area (Å²) in [6.07, 6.45) is 17.9. The third-order valence-electron chi connectivity index (χ3n) is 4.23. The SMILES string of the molecule is CCCCCCCCCCCCCCC(=O)CC(=O)CCC. The molecule has 0 aromatic rings. The molecule has 0 saturated carbocycles. The van der Waals surface area contributed by atoms with E-state index in [0.29, 0.717) is 12.8 Å². The molecule has 0 aliphatic heterocycles. The van der Waals surface area contributed by atoms with Gasteiger partial charge in [-0.2, -0.15) is 0 Å². The molecule has 2 nitrogen and oxygen atoms in total. The van der Waals surface area contributed by atoms with E-state index >= 15 is 0 Å². The highest BCUT2D eigenvalue weighted by molar-refractivity contribution is 5.98. The summed E-state index contributed by atoms with van der Waals surface area (Å²) in [5.41, 5.74) is 0. The maximum absolute atomic E-state index is 11.6. The first kappa shape index (κ1) is 21.3. The quantitative estimate of drug-likeness (QED) is 0.230. The van der Waals surface area contributed by atoms with Crippen molar-refractivity contribution in [1.29, 1.82) is 0 Å². The fraction of sp³-hybridized carbons (Fsp3) is 0.900. The topological polar surface area (TPSA) is 34.1 Å². The second kappa shape index (κ2) is 16.7. The van der Waals surface area contributed by atoms with Crippen LogP contribution >= 0.6 is 0 Å². The van der Waals surface area contributed by atoms with Gasteiger partial charge >= 0.3 is 0 Å². The largest absolute Gasteiger partial charge is 0.299 e. The van der Waals surface area contributed by atoms with Gasteiger partial charge in [0.25, 0.3) is 0 Å². The molecule has 0 aromatic heterocycles. The number of carbonyl (C=O) groups is 2. The number of ketones is 2. The Morgan fingerprint density at radius 3 is 1.36 bits per heavy atom. The van der Waals surface area contributed by atoms with Crippen molar-refractivity contribution >= 4 is 11.6 Å². The van der Waals surface area contributed by atoms with E-state index in [9.17, 15) is 9.59 Å². The van der Waals surface area contributed by atoms with E-state index < -0.39 is 0 Å². The Hall–Kier alpha value is -0.660. The van der Waals surface area contributed by atoms with Crippen molar-refractivity contribution in [2.24, 2.45) is 0 Å². The number of rotatable bonds is 17. The lowest BCUT2D eigenvalue weighted by Gasteiger charge is -2.03. The normalized spacial score (nSPS) is 10.8. The van der Waals surface area contributed by atoms with Crippen molar-refractivity contribution < 1.29 is 9.59 Å². The van der Waals surface area contributed by atoms with Crippen LogP contribution in [0, 0.1) is 0 Å². The third-order valence-corrected chi connectivity index (χ3v) is 4.23. The molecular weight excluding hydrogens is 272 g/mol. The zero-order valence-electron chi connectivity index (χ0n) is 15.1. The van der Waals surface area contributed by atoms with E-state index in [0.717, 1.165) is 19.3 Å². The van der Waals surface area contributed by atoms with Crippen LogP contribution in [0.5, 0.6) is 0 Å². The molecule has 0 aliphatic rings. The molecule has 0 radical (unpaired) electrons. The van der Waals surface area contributed by atoms with Gasteiger partial charge in [0.1, 0.15) is 11.6 Å². The predicted octanol–water partition coefficient (Wildman–Crippen LogP) is 6.41. The molecule has 130 valence electrons. The summed E-state index contributed by atoms with van der Waals surface area (Å²) in [6, 6.07) is 0. The van der Waals surface area contributed by atoms with Crippen molar-refractivity contribution in [2.75, 3.05) is 0 Å². The van der Waals surface area contributed by atoms with Gasteiger partial charge in [0, 0.05) is 12.8 Å². The van der Waals surface area contributed by atoms with Gasteiger partial charge < -0.3 is 0 Å². The highest BCUT2D eigenvalue weighted by Gasteiger charge is 2.07. The number of hydrogen-bond acceptors (Lipinski definition) is 2. The third kappa shape index (κ3) is 15.7. The Labute approximate surface area is 138 Å². The van der Waals surface area contributed by atoms with E-state index in [1.165, 1.54) is 64.2 Å². The average molecular weight is 311 g/mol. The van der Waals surface area contributed by atoms with E-state index in [2.05, 4.69) is 6.92 Å². The summed E-state index contributed by atoms with van der Waals surface area (Å²) in [4.78, 5) is 22.9. The molecule has 0 rings (SSSR count). The van der Waals surface area contributed by atoms with Gasteiger partial charge in [0.15, 0.2) is 0 Å². The van der Waals surface area contributed by atoms with Gasteiger partial charge in [-0.3, -0.25) is 9.59 Å². The van der Waals surface area contributed by atoms with Crippen LogP contribution in [0.4, 0.5) is 0 Å². The Morgan fingerprint density at radius 1 is 0.500 bits per heavy atom. The fourth-order valence-corrected chi connectivity index (χ4v) is 2.84. The van der Waals surface area contributed by atoms with Gasteiger partial charge in [-0.15, -0.1) is 0 Å². The molecule has 0 aliphatic carbocycles. The van der Waals surface area contributed by atoms with E-state index in [1.807, 2.05) is 6.92 Å². The van der Waals surface area contributed by atoms with Gasteiger partial charge in [0.2, 0.25) is 0 Å². The van der Waals surface area contributed by atoms with Crippen molar-refractivity contribution in [3.63, 3.8) is 0 Å². The molecule has 0 unspecified atom stereocenters. The van der Waals surface area contributed by atoms with Gasteiger partial charge in [-0.25, -0.2) is 0 Å². The maximum atomic E-state index is 11.6. The van der Waals surface area contributed by atoms with E-state index in [1.54, 1.807) is 0 Å². The first-order valence-electron chi connectivity index (χ1n) is 9.74. The summed E-state index contributed by atoms with van der Waals surface area (Å²) in [5, 5.41) is 0. The van der Waals surface area contributed by atoms with Crippen LogP contribution in [0.25, 0.3) is 0 Å². The Bertz CT molecular complexity index is 271. The number of Topliss-reactive ketones (excluding diaryl/α,β-unsaturated/α-hetero) is 2. The average Bonchev–Trinajstić information content (AvgIpc) is 2.48. The Morgan fingerprint density at radius 2 is 0.909 bits per heavy atom. The standard InChI is InChI=1S/C20H38O2/c1-3-5-6-7-8-9-10-11-12-13-14-15-17-20(22)18-19(21)16-4-2/h3-18H2,1-2H3. The zero-order valence-corrected chi connectivity index (χ0v) is 15.1. The molecule has 0 aromatic carbocycles. The van der Waals surface area contributed by atoms with Crippen molar-refractivity contribution in [2.45, 2.75) is 117 Å². The monoisotopic (exact) mass is 310 g/mol. The number of hydrogen-bond donors (Lipinski definition) is 0.